The predicted octanol–water partition coefficient (Wildman–Crippen LogP) is 2.30. The van der Waals surface area contributed by atoms with Gasteiger partial charge in [0.1, 0.15) is 11.9 Å². The van der Waals surface area contributed by atoms with Gasteiger partial charge in [0.15, 0.2) is 0 Å². The number of likely N-dealkylation sites (tertiary alicyclic amines) is 1. The minimum absolute atomic E-state index is 0.0658. The van der Waals surface area contributed by atoms with Gasteiger partial charge >= 0.3 is 6.09 Å². The molecule has 0 saturated carbocycles. The molecule has 1 fully saturated rings. The first-order valence-corrected chi connectivity index (χ1v) is 7.62. The monoisotopic (exact) mass is 302 g/mol. The Balaban J connectivity index is 1.88. The van der Waals surface area contributed by atoms with Gasteiger partial charge in [0.05, 0.1) is 0 Å². The van der Waals surface area contributed by atoms with Crippen LogP contribution in [0.25, 0.3) is 0 Å². The number of carboxylic acid groups (broad SMARTS) is 1. The van der Waals surface area contributed by atoms with Crippen LogP contribution in [0.15, 0.2) is 24.3 Å². The summed E-state index contributed by atoms with van der Waals surface area (Å²) in [5.41, 5.74) is 6.36. The first-order chi connectivity index (χ1) is 10.7. The third kappa shape index (κ3) is 4.97. The second-order valence-electron chi connectivity index (χ2n) is 5.31. The molecule has 1 saturated heterocycles. The Morgan fingerprint density at radius 3 is 2.86 bits per heavy atom. The number of hydrogen-bond donors (Lipinski definition) is 2. The van der Waals surface area contributed by atoms with Crippen LogP contribution in [-0.2, 0) is 0 Å². The Labute approximate surface area is 131 Å². The van der Waals surface area contributed by atoms with Crippen LogP contribution in [0.3, 0.4) is 0 Å². The number of benzene rings is 1. The van der Waals surface area contributed by atoms with E-state index in [1.807, 2.05) is 24.3 Å². The van der Waals surface area contributed by atoms with Crippen LogP contribution < -0.4 is 10.5 Å². The maximum Gasteiger partial charge on any atom is 0.407 e. The minimum atomic E-state index is -0.854. The molecule has 3 N–H and O–H groups in total. The topological polar surface area (TPSA) is 75.8 Å². The SMILES string of the molecule is NCCCC#Cc1cccc(OC2CCN(C(=O)O)CC2)c1. The summed E-state index contributed by atoms with van der Waals surface area (Å²) >= 11 is 0. The fourth-order valence-corrected chi connectivity index (χ4v) is 2.36. The molecule has 0 atom stereocenters. The summed E-state index contributed by atoms with van der Waals surface area (Å²) in [6.07, 6.45) is 2.36. The molecule has 0 radical (unpaired) electrons. The van der Waals surface area contributed by atoms with Gasteiger partial charge < -0.3 is 20.5 Å². The van der Waals surface area contributed by atoms with Crippen molar-refractivity contribution in [2.45, 2.75) is 31.8 Å². The molecular weight excluding hydrogens is 280 g/mol. The van der Waals surface area contributed by atoms with E-state index in [9.17, 15) is 4.79 Å². The molecule has 118 valence electrons. The number of unbranched alkanes of at least 4 members (excludes halogenated alkanes) is 1. The van der Waals surface area contributed by atoms with Gasteiger partial charge in [-0.15, -0.1) is 0 Å². The van der Waals surface area contributed by atoms with Crippen molar-refractivity contribution in [1.29, 1.82) is 0 Å². The molecule has 0 aromatic heterocycles. The van der Waals surface area contributed by atoms with Crippen molar-refractivity contribution in [2.24, 2.45) is 5.73 Å². The third-order valence-electron chi connectivity index (χ3n) is 3.59. The molecule has 1 aliphatic heterocycles. The maximum absolute atomic E-state index is 10.9. The van der Waals surface area contributed by atoms with Gasteiger partial charge in [-0.25, -0.2) is 4.79 Å². The molecule has 5 nitrogen and oxygen atoms in total. The van der Waals surface area contributed by atoms with E-state index in [4.69, 9.17) is 15.6 Å². The molecule has 1 aliphatic rings. The number of hydrogen-bond acceptors (Lipinski definition) is 3. The van der Waals surface area contributed by atoms with E-state index < -0.39 is 6.09 Å². The highest BCUT2D eigenvalue weighted by Crippen LogP contribution is 2.20. The smallest absolute Gasteiger partial charge is 0.407 e. The number of amides is 1. The number of piperidine rings is 1. The van der Waals surface area contributed by atoms with Crippen molar-refractivity contribution in [3.63, 3.8) is 0 Å². The summed E-state index contributed by atoms with van der Waals surface area (Å²) in [6.45, 7) is 1.71. The van der Waals surface area contributed by atoms with E-state index >= 15 is 0 Å². The van der Waals surface area contributed by atoms with Crippen molar-refractivity contribution in [1.82, 2.24) is 4.90 Å². The van der Waals surface area contributed by atoms with E-state index in [0.717, 1.165) is 37.0 Å². The maximum atomic E-state index is 10.9. The van der Waals surface area contributed by atoms with E-state index in [1.54, 1.807) is 0 Å². The molecule has 22 heavy (non-hydrogen) atoms. The van der Waals surface area contributed by atoms with E-state index in [-0.39, 0.29) is 6.10 Å². The fraction of sp³-hybridized carbons (Fsp3) is 0.471. The zero-order valence-corrected chi connectivity index (χ0v) is 12.6. The number of rotatable bonds is 4. The van der Waals surface area contributed by atoms with Crippen LogP contribution in [0.4, 0.5) is 4.79 Å². The van der Waals surface area contributed by atoms with Crippen molar-refractivity contribution >= 4 is 6.09 Å². The van der Waals surface area contributed by atoms with Gasteiger partial charge in [-0.1, -0.05) is 17.9 Å². The predicted molar refractivity (Wildman–Crippen MR) is 84.9 cm³/mol. The Hall–Kier alpha value is -2.19. The van der Waals surface area contributed by atoms with E-state index in [1.165, 1.54) is 4.90 Å². The zero-order valence-electron chi connectivity index (χ0n) is 12.6. The zero-order chi connectivity index (χ0) is 15.8. The number of nitrogens with two attached hydrogens (primary N) is 1. The molecule has 0 spiro atoms. The Morgan fingerprint density at radius 1 is 1.41 bits per heavy atom. The van der Waals surface area contributed by atoms with Crippen LogP contribution >= 0.6 is 0 Å². The Kier molecular flexibility index (Phi) is 6.11. The second-order valence-corrected chi connectivity index (χ2v) is 5.31. The van der Waals surface area contributed by atoms with Gasteiger partial charge in [0.2, 0.25) is 0 Å². The van der Waals surface area contributed by atoms with Crippen LogP contribution in [0.5, 0.6) is 5.75 Å². The lowest BCUT2D eigenvalue weighted by molar-refractivity contribution is 0.0895. The largest absolute Gasteiger partial charge is 0.490 e. The van der Waals surface area contributed by atoms with Crippen LogP contribution in [0.1, 0.15) is 31.2 Å². The highest BCUT2D eigenvalue weighted by atomic mass is 16.5. The second kappa shape index (κ2) is 8.30. The summed E-state index contributed by atoms with van der Waals surface area (Å²) in [5, 5.41) is 8.93. The molecule has 2 rings (SSSR count). The molecule has 5 heteroatoms. The van der Waals surface area contributed by atoms with Gasteiger partial charge in [0.25, 0.3) is 0 Å². The lowest BCUT2D eigenvalue weighted by Crippen LogP contribution is -2.41. The van der Waals surface area contributed by atoms with Crippen LogP contribution in [0, 0.1) is 11.8 Å². The highest BCUT2D eigenvalue weighted by molar-refractivity contribution is 5.65. The minimum Gasteiger partial charge on any atom is -0.490 e. The molecule has 0 aliphatic carbocycles. The summed E-state index contributed by atoms with van der Waals surface area (Å²) in [6, 6.07) is 7.72. The molecule has 1 aromatic rings. The van der Waals surface area contributed by atoms with Crippen molar-refractivity contribution in [3.8, 4) is 17.6 Å². The van der Waals surface area contributed by atoms with Crippen LogP contribution in [0.2, 0.25) is 0 Å². The van der Waals surface area contributed by atoms with E-state index in [0.29, 0.717) is 19.6 Å². The first-order valence-electron chi connectivity index (χ1n) is 7.62. The van der Waals surface area contributed by atoms with Gasteiger partial charge in [0, 0.05) is 37.9 Å². The Bertz CT molecular complexity index is 555. The van der Waals surface area contributed by atoms with Gasteiger partial charge in [-0.2, -0.15) is 0 Å². The Morgan fingerprint density at radius 2 is 2.18 bits per heavy atom. The molecule has 0 unspecified atom stereocenters. The summed E-state index contributed by atoms with van der Waals surface area (Å²) in [7, 11) is 0. The lowest BCUT2D eigenvalue weighted by atomic mass is 10.1. The average molecular weight is 302 g/mol. The number of nitrogens with zero attached hydrogens (tertiary/aromatic N) is 1. The standard InChI is InChI=1S/C17H22N2O3/c18-10-3-1-2-5-14-6-4-7-16(13-14)22-15-8-11-19(12-9-15)17(20)21/h4,6-7,13,15H,1,3,8-12,18H2,(H,20,21). The molecule has 1 heterocycles. The summed E-state index contributed by atoms with van der Waals surface area (Å²) in [5.74, 6) is 6.99. The number of carbonyl (C=O) groups is 1. The van der Waals surface area contributed by atoms with Crippen molar-refractivity contribution in [3.05, 3.63) is 29.8 Å². The summed E-state index contributed by atoms with van der Waals surface area (Å²) in [4.78, 5) is 12.3. The molecule has 1 aromatic carbocycles. The summed E-state index contributed by atoms with van der Waals surface area (Å²) < 4.78 is 5.94. The lowest BCUT2D eigenvalue weighted by Gasteiger charge is -2.30. The van der Waals surface area contributed by atoms with Gasteiger partial charge in [-0.3, -0.25) is 0 Å². The third-order valence-corrected chi connectivity index (χ3v) is 3.59. The number of ether oxygens (including phenoxy) is 1. The van der Waals surface area contributed by atoms with E-state index in [2.05, 4.69) is 11.8 Å². The first kappa shape index (κ1) is 16.2. The normalized spacial score (nSPS) is 15.0. The van der Waals surface area contributed by atoms with Gasteiger partial charge in [-0.05, 0) is 31.2 Å². The molecule has 1 amide bonds. The molecular formula is C17H22N2O3. The van der Waals surface area contributed by atoms with Crippen molar-refractivity contribution < 1.29 is 14.6 Å². The average Bonchev–Trinajstić information content (AvgIpc) is 2.52. The molecule has 0 bridgehead atoms. The van der Waals surface area contributed by atoms with Crippen LogP contribution in [-0.4, -0.2) is 41.8 Å². The quantitative estimate of drug-likeness (QED) is 0.661. The fourth-order valence-electron chi connectivity index (χ4n) is 2.36. The highest BCUT2D eigenvalue weighted by Gasteiger charge is 2.23. The van der Waals surface area contributed by atoms with Crippen molar-refractivity contribution in [2.75, 3.05) is 19.6 Å².